The van der Waals surface area contributed by atoms with Gasteiger partial charge in [0.1, 0.15) is 18.8 Å². The molecule has 0 bridgehead atoms. The molecule has 2 unspecified atom stereocenters. The fraction of sp³-hybridized carbons (Fsp3) is 0.250. The molecule has 2 atom stereocenters. The van der Waals surface area contributed by atoms with Crippen LogP contribution in [-0.4, -0.2) is 44.8 Å². The molecule has 26 heavy (non-hydrogen) atoms. The number of morpholine rings is 1. The van der Waals surface area contributed by atoms with Gasteiger partial charge in [-0.2, -0.15) is 5.10 Å². The molecule has 0 spiro atoms. The number of carbonyl (C=O) groups is 1. The van der Waals surface area contributed by atoms with Crippen LogP contribution in [0.25, 0.3) is 5.69 Å². The smallest absolute Gasteiger partial charge is 0.254 e. The molecule has 1 saturated heterocycles. The molecule has 2 heterocycles. The number of rotatable bonds is 3. The number of benzene rings is 2. The van der Waals surface area contributed by atoms with Gasteiger partial charge in [0.15, 0.2) is 0 Å². The van der Waals surface area contributed by atoms with Gasteiger partial charge < -0.3 is 9.64 Å². The van der Waals surface area contributed by atoms with Crippen molar-refractivity contribution in [1.29, 1.82) is 0 Å². The predicted molar refractivity (Wildman–Crippen MR) is 97.0 cm³/mol. The number of hydrogen-bond acceptors (Lipinski definition) is 4. The predicted octanol–water partition coefficient (Wildman–Crippen LogP) is 2.87. The molecule has 1 aromatic heterocycles. The van der Waals surface area contributed by atoms with Crippen molar-refractivity contribution in [3.05, 3.63) is 78.4 Å². The number of amides is 1. The second kappa shape index (κ2) is 7.09. The molecule has 2 aromatic carbocycles. The van der Waals surface area contributed by atoms with E-state index >= 15 is 0 Å². The first-order chi connectivity index (χ1) is 12.7. The Morgan fingerprint density at radius 1 is 1.15 bits per heavy atom. The summed E-state index contributed by atoms with van der Waals surface area (Å²) < 4.78 is 7.60. The van der Waals surface area contributed by atoms with Crippen LogP contribution in [-0.2, 0) is 4.74 Å². The first-order valence-electron chi connectivity index (χ1n) is 8.65. The Morgan fingerprint density at radius 2 is 2.00 bits per heavy atom. The highest BCUT2D eigenvalue weighted by Crippen LogP contribution is 2.26. The van der Waals surface area contributed by atoms with E-state index in [0.717, 1.165) is 11.3 Å². The molecule has 0 radical (unpaired) electrons. The Bertz CT molecular complexity index is 880. The molecule has 0 aliphatic carbocycles. The summed E-state index contributed by atoms with van der Waals surface area (Å²) in [7, 11) is 0. The van der Waals surface area contributed by atoms with Crippen molar-refractivity contribution in [2.24, 2.45) is 0 Å². The highest BCUT2D eigenvalue weighted by Gasteiger charge is 2.31. The van der Waals surface area contributed by atoms with Gasteiger partial charge in [0.2, 0.25) is 0 Å². The van der Waals surface area contributed by atoms with Crippen molar-refractivity contribution in [1.82, 2.24) is 19.7 Å². The maximum atomic E-state index is 13.1. The third-order valence-corrected chi connectivity index (χ3v) is 4.64. The summed E-state index contributed by atoms with van der Waals surface area (Å²) in [4.78, 5) is 19.0. The van der Waals surface area contributed by atoms with Gasteiger partial charge in [0.25, 0.3) is 5.91 Å². The molecule has 4 rings (SSSR count). The summed E-state index contributed by atoms with van der Waals surface area (Å²) >= 11 is 0. The van der Waals surface area contributed by atoms with Gasteiger partial charge in [-0.3, -0.25) is 4.79 Å². The average molecular weight is 348 g/mol. The Labute approximate surface area is 152 Å². The SMILES string of the molecule is CC1COC(c2ccccc2)CN1C(=O)c1cccc(-n2cncn2)c1. The Kier molecular flexibility index (Phi) is 4.50. The summed E-state index contributed by atoms with van der Waals surface area (Å²) in [6.45, 7) is 3.08. The minimum Gasteiger partial charge on any atom is -0.370 e. The van der Waals surface area contributed by atoms with Gasteiger partial charge in [-0.25, -0.2) is 9.67 Å². The first kappa shape index (κ1) is 16.5. The standard InChI is InChI=1S/C20H20N4O2/c1-15-12-26-19(16-6-3-2-4-7-16)11-23(15)20(25)17-8-5-9-18(10-17)24-14-21-13-22-24/h2-10,13-15,19H,11-12H2,1H3. The van der Waals surface area contributed by atoms with Gasteiger partial charge in [0, 0.05) is 5.56 Å². The number of nitrogens with zero attached hydrogens (tertiary/aromatic N) is 4. The number of hydrogen-bond donors (Lipinski definition) is 0. The van der Waals surface area contributed by atoms with Crippen LogP contribution < -0.4 is 0 Å². The van der Waals surface area contributed by atoms with E-state index < -0.39 is 0 Å². The van der Waals surface area contributed by atoms with Crippen molar-refractivity contribution in [3.8, 4) is 5.69 Å². The molecule has 0 saturated carbocycles. The highest BCUT2D eigenvalue weighted by atomic mass is 16.5. The van der Waals surface area contributed by atoms with Crippen LogP contribution in [0.15, 0.2) is 67.3 Å². The lowest BCUT2D eigenvalue weighted by Gasteiger charge is -2.38. The third kappa shape index (κ3) is 3.23. The van der Waals surface area contributed by atoms with Crippen LogP contribution in [0.1, 0.15) is 28.9 Å². The van der Waals surface area contributed by atoms with Crippen molar-refractivity contribution >= 4 is 5.91 Å². The van der Waals surface area contributed by atoms with E-state index in [1.54, 1.807) is 11.0 Å². The molecule has 0 N–H and O–H groups in total. The van der Waals surface area contributed by atoms with Crippen molar-refractivity contribution in [2.75, 3.05) is 13.2 Å². The quantitative estimate of drug-likeness (QED) is 0.730. The molecular weight excluding hydrogens is 328 g/mol. The molecule has 3 aromatic rings. The summed E-state index contributed by atoms with van der Waals surface area (Å²) in [5.74, 6) is 0.00342. The lowest BCUT2D eigenvalue weighted by Crippen LogP contribution is -2.48. The maximum Gasteiger partial charge on any atom is 0.254 e. The van der Waals surface area contributed by atoms with E-state index in [0.29, 0.717) is 18.7 Å². The highest BCUT2D eigenvalue weighted by molar-refractivity contribution is 5.95. The molecule has 6 heteroatoms. The van der Waals surface area contributed by atoms with E-state index in [-0.39, 0.29) is 18.1 Å². The topological polar surface area (TPSA) is 60.2 Å². The average Bonchev–Trinajstić information content (AvgIpc) is 3.23. The van der Waals surface area contributed by atoms with Crippen LogP contribution in [0.2, 0.25) is 0 Å². The van der Waals surface area contributed by atoms with E-state index in [2.05, 4.69) is 10.1 Å². The van der Waals surface area contributed by atoms with Crippen LogP contribution in [0.3, 0.4) is 0 Å². The Balaban J connectivity index is 1.57. The van der Waals surface area contributed by atoms with Crippen LogP contribution in [0, 0.1) is 0 Å². The van der Waals surface area contributed by atoms with Gasteiger partial charge in [-0.05, 0) is 30.7 Å². The van der Waals surface area contributed by atoms with E-state index in [9.17, 15) is 4.79 Å². The van der Waals surface area contributed by atoms with E-state index in [4.69, 9.17) is 4.74 Å². The fourth-order valence-corrected chi connectivity index (χ4v) is 3.20. The zero-order valence-electron chi connectivity index (χ0n) is 14.5. The maximum absolute atomic E-state index is 13.1. The van der Waals surface area contributed by atoms with Gasteiger partial charge >= 0.3 is 0 Å². The Hall–Kier alpha value is -2.99. The normalized spacial score (nSPS) is 20.1. The zero-order chi connectivity index (χ0) is 17.9. The minimum atomic E-state index is -0.102. The third-order valence-electron chi connectivity index (χ3n) is 4.64. The molecule has 6 nitrogen and oxygen atoms in total. The molecule has 132 valence electrons. The van der Waals surface area contributed by atoms with Gasteiger partial charge in [-0.15, -0.1) is 0 Å². The minimum absolute atomic E-state index is 0.00342. The van der Waals surface area contributed by atoms with Crippen molar-refractivity contribution in [2.45, 2.75) is 19.1 Å². The number of ether oxygens (including phenoxy) is 1. The Morgan fingerprint density at radius 3 is 2.77 bits per heavy atom. The summed E-state index contributed by atoms with van der Waals surface area (Å²) in [6.07, 6.45) is 2.99. The molecule has 1 fully saturated rings. The summed E-state index contributed by atoms with van der Waals surface area (Å²) in [5, 5.41) is 4.13. The van der Waals surface area contributed by atoms with E-state index in [1.165, 1.54) is 6.33 Å². The lowest BCUT2D eigenvalue weighted by atomic mass is 10.0. The van der Waals surface area contributed by atoms with Gasteiger partial charge in [0.05, 0.1) is 24.9 Å². The van der Waals surface area contributed by atoms with Crippen molar-refractivity contribution < 1.29 is 9.53 Å². The second-order valence-corrected chi connectivity index (χ2v) is 6.43. The monoisotopic (exact) mass is 348 g/mol. The van der Waals surface area contributed by atoms with Gasteiger partial charge in [-0.1, -0.05) is 36.4 Å². The lowest BCUT2D eigenvalue weighted by molar-refractivity contribution is -0.0486. The van der Waals surface area contributed by atoms with Crippen molar-refractivity contribution in [3.63, 3.8) is 0 Å². The summed E-state index contributed by atoms with van der Waals surface area (Å²) in [6, 6.07) is 17.5. The van der Waals surface area contributed by atoms with E-state index in [1.807, 2.05) is 66.4 Å². The van der Waals surface area contributed by atoms with Crippen LogP contribution in [0.4, 0.5) is 0 Å². The molecular formula is C20H20N4O2. The summed E-state index contributed by atoms with van der Waals surface area (Å²) in [5.41, 5.74) is 2.54. The molecule has 1 aliphatic rings. The largest absolute Gasteiger partial charge is 0.370 e. The number of aromatic nitrogens is 3. The molecule has 1 aliphatic heterocycles. The zero-order valence-corrected chi connectivity index (χ0v) is 14.5. The second-order valence-electron chi connectivity index (χ2n) is 6.43. The molecule has 1 amide bonds. The fourth-order valence-electron chi connectivity index (χ4n) is 3.20. The first-order valence-corrected chi connectivity index (χ1v) is 8.65. The van der Waals surface area contributed by atoms with Crippen LogP contribution >= 0.6 is 0 Å². The van der Waals surface area contributed by atoms with Crippen LogP contribution in [0.5, 0.6) is 0 Å². The number of carbonyl (C=O) groups excluding carboxylic acids is 1.